The summed E-state index contributed by atoms with van der Waals surface area (Å²) in [5.74, 6) is 3.81. The van der Waals surface area contributed by atoms with E-state index in [-0.39, 0.29) is 5.92 Å². The van der Waals surface area contributed by atoms with Gasteiger partial charge >= 0.3 is 0 Å². The molecule has 4 saturated carbocycles. The Kier molecular flexibility index (Phi) is 2.35. The van der Waals surface area contributed by atoms with Crippen LogP contribution in [0, 0.1) is 29.6 Å². The van der Waals surface area contributed by atoms with Gasteiger partial charge < -0.3 is 5.73 Å². The van der Waals surface area contributed by atoms with Crippen molar-refractivity contribution in [3.63, 3.8) is 0 Å². The highest BCUT2D eigenvalue weighted by atomic mass is 32.1. The molecule has 96 valence electrons. The average Bonchev–Trinajstić information content (AvgIpc) is 2.73. The molecule has 18 heavy (non-hydrogen) atoms. The molecule has 4 fully saturated rings. The molecule has 2 N–H and O–H groups in total. The van der Waals surface area contributed by atoms with E-state index >= 15 is 0 Å². The van der Waals surface area contributed by atoms with Gasteiger partial charge in [0.25, 0.3) is 0 Å². The largest absolute Gasteiger partial charge is 0.390 e. The van der Waals surface area contributed by atoms with E-state index in [2.05, 4.69) is 0 Å². The third-order valence-electron chi connectivity index (χ3n) is 5.49. The van der Waals surface area contributed by atoms with Gasteiger partial charge in [0.2, 0.25) is 0 Å². The Hall–Kier alpha value is -0.830. The van der Waals surface area contributed by atoms with Crippen molar-refractivity contribution < 1.29 is 4.79 Å². The van der Waals surface area contributed by atoms with E-state index < -0.39 is 0 Å². The number of hydrogen-bond donors (Lipinski definition) is 1. The van der Waals surface area contributed by atoms with Crippen molar-refractivity contribution in [3.8, 4) is 0 Å². The van der Waals surface area contributed by atoms with Crippen LogP contribution in [0.1, 0.15) is 42.5 Å². The second-order valence-corrected chi connectivity index (χ2v) is 7.47. The number of carbonyl (C=O) groups excluding carboxylic acids is 1. The van der Waals surface area contributed by atoms with E-state index in [1.54, 1.807) is 0 Å². The Morgan fingerprint density at radius 1 is 1.11 bits per heavy atom. The molecule has 2 nitrogen and oxygen atoms in total. The van der Waals surface area contributed by atoms with Crippen LogP contribution in [0.4, 0.5) is 5.00 Å². The molecule has 1 aromatic heterocycles. The van der Waals surface area contributed by atoms with Gasteiger partial charge in [-0.3, -0.25) is 4.79 Å². The molecule has 0 spiro atoms. The SMILES string of the molecule is Nc1sccc1C(=O)C1C2CC3CC(C2)CC1C3. The third kappa shape index (κ3) is 1.49. The van der Waals surface area contributed by atoms with Crippen molar-refractivity contribution in [1.29, 1.82) is 0 Å². The van der Waals surface area contributed by atoms with Crippen LogP contribution < -0.4 is 5.73 Å². The topological polar surface area (TPSA) is 43.1 Å². The summed E-state index contributed by atoms with van der Waals surface area (Å²) in [5.41, 5.74) is 6.74. The lowest BCUT2D eigenvalue weighted by Gasteiger charge is -2.53. The minimum atomic E-state index is 0.287. The standard InChI is InChI=1S/C15H19NOS/c16-15-12(1-2-18-15)14(17)13-10-4-8-3-9(6-10)7-11(13)5-8/h1-2,8-11,13H,3-7,16H2. The summed E-state index contributed by atoms with van der Waals surface area (Å²) in [6, 6.07) is 1.92. The molecule has 0 radical (unpaired) electrons. The number of Topliss-reactive ketones (excluding diaryl/α,β-unsaturated/α-hetero) is 1. The zero-order valence-corrected chi connectivity index (χ0v) is 11.3. The fraction of sp³-hybridized carbons (Fsp3) is 0.667. The Labute approximate surface area is 112 Å². The number of anilines is 1. The first-order valence-corrected chi connectivity index (χ1v) is 7.97. The summed E-state index contributed by atoms with van der Waals surface area (Å²) >= 11 is 1.49. The molecule has 0 amide bonds. The summed E-state index contributed by atoms with van der Waals surface area (Å²) in [4.78, 5) is 12.7. The molecular formula is C15H19NOS. The molecule has 0 aromatic carbocycles. The van der Waals surface area contributed by atoms with E-state index in [1.807, 2.05) is 11.4 Å². The van der Waals surface area contributed by atoms with Crippen molar-refractivity contribution in [1.82, 2.24) is 0 Å². The van der Waals surface area contributed by atoms with Crippen LogP contribution in [-0.2, 0) is 0 Å². The van der Waals surface area contributed by atoms with E-state index in [0.717, 1.165) is 17.4 Å². The highest BCUT2D eigenvalue weighted by Crippen LogP contribution is 2.57. The number of hydrogen-bond acceptors (Lipinski definition) is 3. The molecule has 4 aliphatic rings. The fourth-order valence-corrected chi connectivity index (χ4v) is 5.70. The third-order valence-corrected chi connectivity index (χ3v) is 6.24. The van der Waals surface area contributed by atoms with Crippen LogP contribution in [0.3, 0.4) is 0 Å². The van der Waals surface area contributed by atoms with Gasteiger partial charge in [-0.2, -0.15) is 0 Å². The van der Waals surface area contributed by atoms with Crippen LogP contribution >= 0.6 is 11.3 Å². The zero-order valence-electron chi connectivity index (χ0n) is 10.5. The minimum Gasteiger partial charge on any atom is -0.390 e. The number of carbonyl (C=O) groups is 1. The Morgan fingerprint density at radius 3 is 2.22 bits per heavy atom. The Morgan fingerprint density at radius 2 is 1.72 bits per heavy atom. The average molecular weight is 261 g/mol. The number of thiophene rings is 1. The van der Waals surface area contributed by atoms with Crippen LogP contribution in [0.25, 0.3) is 0 Å². The maximum absolute atomic E-state index is 12.7. The molecule has 1 heterocycles. The summed E-state index contributed by atoms with van der Waals surface area (Å²) in [6.45, 7) is 0. The van der Waals surface area contributed by atoms with Crippen molar-refractivity contribution in [2.24, 2.45) is 29.6 Å². The summed E-state index contributed by atoms with van der Waals surface area (Å²) in [6.07, 6.45) is 6.64. The summed E-state index contributed by atoms with van der Waals surface area (Å²) < 4.78 is 0. The molecule has 4 aliphatic carbocycles. The van der Waals surface area contributed by atoms with Gasteiger partial charge in [0.1, 0.15) is 0 Å². The first-order valence-electron chi connectivity index (χ1n) is 7.09. The van der Waals surface area contributed by atoms with Gasteiger partial charge in [0, 0.05) is 5.92 Å². The number of ketones is 1. The second kappa shape index (κ2) is 3.83. The summed E-state index contributed by atoms with van der Waals surface area (Å²) in [7, 11) is 0. The molecule has 0 aliphatic heterocycles. The molecule has 0 unspecified atom stereocenters. The Bertz CT molecular complexity index is 464. The maximum Gasteiger partial charge on any atom is 0.169 e. The van der Waals surface area contributed by atoms with Crippen LogP contribution in [0.5, 0.6) is 0 Å². The lowest BCUT2D eigenvalue weighted by Crippen LogP contribution is -2.48. The van der Waals surface area contributed by atoms with Gasteiger partial charge in [-0.05, 0) is 67.2 Å². The monoisotopic (exact) mass is 261 g/mol. The number of rotatable bonds is 2. The highest BCUT2D eigenvalue weighted by molar-refractivity contribution is 7.14. The van der Waals surface area contributed by atoms with Crippen LogP contribution in [0.15, 0.2) is 11.4 Å². The minimum absolute atomic E-state index is 0.287. The zero-order chi connectivity index (χ0) is 12.3. The molecular weight excluding hydrogens is 242 g/mol. The quantitative estimate of drug-likeness (QED) is 0.827. The van der Waals surface area contributed by atoms with E-state index in [1.165, 1.54) is 43.4 Å². The van der Waals surface area contributed by atoms with E-state index in [9.17, 15) is 4.79 Å². The highest BCUT2D eigenvalue weighted by Gasteiger charge is 2.50. The predicted octanol–water partition coefficient (Wildman–Crippen LogP) is 3.59. The normalized spacial score (nSPS) is 41.2. The predicted molar refractivity (Wildman–Crippen MR) is 73.6 cm³/mol. The fourth-order valence-electron chi connectivity index (χ4n) is 5.06. The lowest BCUT2D eigenvalue weighted by molar-refractivity contribution is -0.0250. The van der Waals surface area contributed by atoms with E-state index in [0.29, 0.717) is 22.6 Å². The molecule has 4 bridgehead atoms. The second-order valence-electron chi connectivity index (χ2n) is 6.52. The van der Waals surface area contributed by atoms with Crippen molar-refractivity contribution in [3.05, 3.63) is 17.0 Å². The first-order chi connectivity index (χ1) is 8.72. The summed E-state index contributed by atoms with van der Waals surface area (Å²) in [5, 5.41) is 2.66. The molecule has 0 atom stereocenters. The molecule has 3 heteroatoms. The smallest absolute Gasteiger partial charge is 0.169 e. The molecule has 0 saturated heterocycles. The van der Waals surface area contributed by atoms with Gasteiger partial charge in [0.15, 0.2) is 5.78 Å². The molecule has 1 aromatic rings. The van der Waals surface area contributed by atoms with Crippen LogP contribution in [-0.4, -0.2) is 5.78 Å². The van der Waals surface area contributed by atoms with Gasteiger partial charge in [-0.1, -0.05) is 0 Å². The van der Waals surface area contributed by atoms with Crippen molar-refractivity contribution >= 4 is 22.1 Å². The Balaban J connectivity index is 1.65. The maximum atomic E-state index is 12.7. The first kappa shape index (κ1) is 11.0. The van der Waals surface area contributed by atoms with Crippen molar-refractivity contribution in [2.45, 2.75) is 32.1 Å². The van der Waals surface area contributed by atoms with Gasteiger partial charge in [-0.15, -0.1) is 11.3 Å². The number of nitrogen functional groups attached to an aromatic ring is 1. The van der Waals surface area contributed by atoms with E-state index in [4.69, 9.17) is 5.73 Å². The lowest BCUT2D eigenvalue weighted by atomic mass is 9.51. The van der Waals surface area contributed by atoms with Gasteiger partial charge in [-0.25, -0.2) is 0 Å². The molecule has 5 rings (SSSR count). The van der Waals surface area contributed by atoms with Crippen molar-refractivity contribution in [2.75, 3.05) is 5.73 Å². The van der Waals surface area contributed by atoms with Gasteiger partial charge in [0.05, 0.1) is 10.6 Å². The van der Waals surface area contributed by atoms with Crippen LogP contribution in [0.2, 0.25) is 0 Å². The number of nitrogens with two attached hydrogens (primary N) is 1.